The van der Waals surface area contributed by atoms with Crippen molar-refractivity contribution in [3.05, 3.63) is 18.2 Å². The first-order valence-corrected chi connectivity index (χ1v) is 13.3. The predicted octanol–water partition coefficient (Wildman–Crippen LogP) is 1.90. The molecule has 2 atom stereocenters. The molecule has 1 saturated carbocycles. The van der Waals surface area contributed by atoms with E-state index in [0.717, 1.165) is 31.0 Å². The Hall–Kier alpha value is -2.11. The number of carbonyl (C=O) groups is 2. The van der Waals surface area contributed by atoms with Crippen molar-refractivity contribution in [1.82, 2.24) is 23.7 Å². The van der Waals surface area contributed by atoms with Gasteiger partial charge in [-0.2, -0.15) is 13.1 Å². The summed E-state index contributed by atoms with van der Waals surface area (Å²) in [6, 6.07) is 4.62. The van der Waals surface area contributed by atoms with Crippen LogP contribution in [0, 0.1) is 11.8 Å². The van der Waals surface area contributed by atoms with Gasteiger partial charge in [-0.25, -0.2) is 8.42 Å². The van der Waals surface area contributed by atoms with E-state index in [4.69, 9.17) is 0 Å². The summed E-state index contributed by atoms with van der Waals surface area (Å²) in [4.78, 5) is 25.7. The molecular weight excluding hydrogens is 450 g/mol. The van der Waals surface area contributed by atoms with Crippen LogP contribution in [0.1, 0.15) is 46.0 Å². The SMILES string of the molecule is CCC(C)[C@H](NC(=O)C1CCN(S(=O)(=O)c2cccc3nsnc23)CC1)C(=O)NC1CC1. The highest BCUT2D eigenvalue weighted by Gasteiger charge is 2.36. The highest BCUT2D eigenvalue weighted by Crippen LogP contribution is 2.28. The van der Waals surface area contributed by atoms with Crippen LogP contribution in [0.5, 0.6) is 0 Å². The number of rotatable bonds is 8. The average molecular weight is 480 g/mol. The van der Waals surface area contributed by atoms with Crippen LogP contribution in [0.2, 0.25) is 0 Å². The number of aromatic nitrogens is 2. The summed E-state index contributed by atoms with van der Waals surface area (Å²) in [7, 11) is -3.73. The van der Waals surface area contributed by atoms with E-state index in [-0.39, 0.29) is 47.7 Å². The summed E-state index contributed by atoms with van der Waals surface area (Å²) in [5.41, 5.74) is 0.946. The molecule has 2 fully saturated rings. The van der Waals surface area contributed by atoms with Crippen molar-refractivity contribution >= 4 is 44.6 Å². The molecule has 0 bridgehead atoms. The number of amides is 2. The van der Waals surface area contributed by atoms with Crippen molar-refractivity contribution in [3.63, 3.8) is 0 Å². The molecule has 9 nitrogen and oxygen atoms in total. The number of piperidine rings is 1. The summed E-state index contributed by atoms with van der Waals surface area (Å²) in [5, 5.41) is 5.92. The zero-order valence-corrected chi connectivity index (χ0v) is 19.9. The van der Waals surface area contributed by atoms with Gasteiger partial charge in [-0.05, 0) is 43.7 Å². The molecule has 2 amide bonds. The van der Waals surface area contributed by atoms with Crippen LogP contribution in [-0.2, 0) is 19.6 Å². The van der Waals surface area contributed by atoms with Crippen LogP contribution < -0.4 is 10.6 Å². The normalized spacial score (nSPS) is 20.1. The minimum Gasteiger partial charge on any atom is -0.352 e. The van der Waals surface area contributed by atoms with Gasteiger partial charge in [-0.15, -0.1) is 0 Å². The standard InChI is InChI=1S/C21H29N5O4S2/c1-3-13(2)18(21(28)22-15-7-8-15)23-20(27)14-9-11-26(12-10-14)32(29,30)17-6-4-5-16-19(17)25-31-24-16/h4-6,13-15,18H,3,7-12H2,1-2H3,(H,22,28)(H,23,27)/t13?,18-/m0/s1. The van der Waals surface area contributed by atoms with Crippen LogP contribution in [-0.4, -0.2) is 58.5 Å². The topological polar surface area (TPSA) is 121 Å². The van der Waals surface area contributed by atoms with Crippen LogP contribution in [0.3, 0.4) is 0 Å². The second-order valence-electron chi connectivity index (χ2n) is 8.72. The van der Waals surface area contributed by atoms with Crippen molar-refractivity contribution in [2.75, 3.05) is 13.1 Å². The molecule has 32 heavy (non-hydrogen) atoms. The fourth-order valence-corrected chi connectivity index (χ4v) is 6.20. The molecule has 4 rings (SSSR count). The number of sulfonamides is 1. The van der Waals surface area contributed by atoms with Gasteiger partial charge in [0.2, 0.25) is 21.8 Å². The molecule has 1 aromatic carbocycles. The van der Waals surface area contributed by atoms with Crippen molar-refractivity contribution in [3.8, 4) is 0 Å². The fourth-order valence-electron chi connectivity index (χ4n) is 3.98. The molecule has 11 heteroatoms. The van der Waals surface area contributed by atoms with E-state index >= 15 is 0 Å². The Balaban J connectivity index is 1.39. The molecule has 0 radical (unpaired) electrons. The quantitative estimate of drug-likeness (QED) is 0.596. The van der Waals surface area contributed by atoms with Gasteiger partial charge in [-0.3, -0.25) is 9.59 Å². The summed E-state index contributed by atoms with van der Waals surface area (Å²) in [6.07, 6.45) is 3.58. The molecule has 1 aromatic heterocycles. The first-order valence-electron chi connectivity index (χ1n) is 11.1. The molecule has 174 valence electrons. The number of hydrogen-bond acceptors (Lipinski definition) is 7. The zero-order valence-electron chi connectivity index (χ0n) is 18.3. The Bertz CT molecular complexity index is 1090. The van der Waals surface area contributed by atoms with E-state index in [2.05, 4.69) is 19.4 Å². The molecule has 2 N–H and O–H groups in total. The molecule has 1 aliphatic heterocycles. The number of nitrogens with one attached hydrogen (secondary N) is 2. The van der Waals surface area contributed by atoms with Crippen molar-refractivity contribution in [2.24, 2.45) is 11.8 Å². The summed E-state index contributed by atoms with van der Waals surface area (Å²) in [5.74, 6) is -0.604. The van der Waals surface area contributed by atoms with Gasteiger partial charge in [-0.1, -0.05) is 26.3 Å². The lowest BCUT2D eigenvalue weighted by molar-refractivity contribution is -0.133. The van der Waals surface area contributed by atoms with Gasteiger partial charge in [0.25, 0.3) is 0 Å². The van der Waals surface area contributed by atoms with Gasteiger partial charge in [0.05, 0.1) is 11.7 Å². The number of hydrogen-bond donors (Lipinski definition) is 2. The van der Waals surface area contributed by atoms with Crippen molar-refractivity contribution in [2.45, 2.75) is 62.9 Å². The highest BCUT2D eigenvalue weighted by atomic mass is 32.2. The maximum absolute atomic E-state index is 13.2. The lowest BCUT2D eigenvalue weighted by Gasteiger charge is -2.32. The number of fused-ring (bicyclic) bond motifs is 1. The Morgan fingerprint density at radius 1 is 1.19 bits per heavy atom. The van der Waals surface area contributed by atoms with E-state index in [9.17, 15) is 18.0 Å². The van der Waals surface area contributed by atoms with Crippen molar-refractivity contribution < 1.29 is 18.0 Å². The Labute approximate surface area is 192 Å². The largest absolute Gasteiger partial charge is 0.352 e. The third-order valence-electron chi connectivity index (χ3n) is 6.41. The van der Waals surface area contributed by atoms with Crippen molar-refractivity contribution in [1.29, 1.82) is 0 Å². The van der Waals surface area contributed by atoms with Gasteiger partial charge >= 0.3 is 0 Å². The minimum atomic E-state index is -3.73. The minimum absolute atomic E-state index is 0.0189. The summed E-state index contributed by atoms with van der Waals surface area (Å²) < 4.78 is 36.1. The lowest BCUT2D eigenvalue weighted by Crippen LogP contribution is -2.53. The maximum Gasteiger partial charge on any atom is 0.245 e. The van der Waals surface area contributed by atoms with E-state index in [1.165, 1.54) is 4.31 Å². The van der Waals surface area contributed by atoms with Gasteiger partial charge in [0, 0.05) is 25.0 Å². The van der Waals surface area contributed by atoms with Gasteiger partial charge in [0.1, 0.15) is 22.0 Å². The first kappa shape index (κ1) is 23.1. The molecule has 1 saturated heterocycles. The van der Waals surface area contributed by atoms with Crippen LogP contribution in [0.15, 0.2) is 23.1 Å². The molecule has 2 heterocycles. The monoisotopic (exact) mass is 479 g/mol. The first-order chi connectivity index (χ1) is 15.3. The number of carbonyl (C=O) groups excluding carboxylic acids is 2. The molecule has 2 aliphatic rings. The third kappa shape index (κ3) is 4.79. The van der Waals surface area contributed by atoms with Gasteiger partial charge < -0.3 is 10.6 Å². The highest BCUT2D eigenvalue weighted by molar-refractivity contribution is 7.89. The van der Waals surface area contributed by atoms with E-state index < -0.39 is 16.1 Å². The van der Waals surface area contributed by atoms with Crippen LogP contribution in [0.25, 0.3) is 11.0 Å². The van der Waals surface area contributed by atoms with E-state index in [1.807, 2.05) is 13.8 Å². The Morgan fingerprint density at radius 2 is 1.91 bits per heavy atom. The van der Waals surface area contributed by atoms with Crippen LogP contribution in [0.4, 0.5) is 0 Å². The van der Waals surface area contributed by atoms with E-state index in [1.54, 1.807) is 18.2 Å². The predicted molar refractivity (Wildman–Crippen MR) is 121 cm³/mol. The maximum atomic E-state index is 13.2. The molecule has 1 unspecified atom stereocenters. The average Bonchev–Trinajstić information content (AvgIpc) is 3.48. The fraction of sp³-hybridized carbons (Fsp3) is 0.619. The zero-order chi connectivity index (χ0) is 22.9. The molecule has 0 spiro atoms. The summed E-state index contributed by atoms with van der Waals surface area (Å²) >= 11 is 0.985. The molecule has 2 aromatic rings. The number of benzene rings is 1. The van der Waals surface area contributed by atoms with E-state index in [0.29, 0.717) is 23.9 Å². The second-order valence-corrected chi connectivity index (χ2v) is 11.2. The Kier molecular flexibility index (Phi) is 6.78. The second kappa shape index (κ2) is 9.40. The Morgan fingerprint density at radius 3 is 2.56 bits per heavy atom. The lowest BCUT2D eigenvalue weighted by atomic mass is 9.94. The summed E-state index contributed by atoms with van der Waals surface area (Å²) in [6.45, 7) is 4.45. The van der Waals surface area contributed by atoms with Crippen LogP contribution >= 0.6 is 11.7 Å². The smallest absolute Gasteiger partial charge is 0.245 e. The molecular formula is C21H29N5O4S2. The molecule has 1 aliphatic carbocycles. The number of nitrogens with zero attached hydrogens (tertiary/aromatic N) is 3. The van der Waals surface area contributed by atoms with Gasteiger partial charge in [0.15, 0.2) is 0 Å². The third-order valence-corrected chi connectivity index (χ3v) is 8.88.